The number of nitrogens with zero attached hydrogens (tertiary/aromatic N) is 1. The van der Waals surface area contributed by atoms with E-state index in [-0.39, 0.29) is 24.5 Å². The fraction of sp³-hybridized carbons (Fsp3) is 0.524. The average molecular weight is 488 g/mol. The van der Waals surface area contributed by atoms with Gasteiger partial charge in [0.15, 0.2) is 0 Å². The van der Waals surface area contributed by atoms with Crippen molar-refractivity contribution >= 4 is 29.6 Å². The number of alkyl halides is 3. The molecule has 13 heteroatoms. The summed E-state index contributed by atoms with van der Waals surface area (Å²) >= 11 is 0. The molecule has 0 bridgehead atoms. The maximum absolute atomic E-state index is 12.2. The number of carboxylic acid groups (broad SMARTS) is 2. The molecule has 3 rings (SSSR count). The first kappa shape index (κ1) is 26.7. The van der Waals surface area contributed by atoms with Gasteiger partial charge in [-0.1, -0.05) is 18.6 Å². The Morgan fingerprint density at radius 3 is 2.24 bits per heavy atom. The van der Waals surface area contributed by atoms with Crippen molar-refractivity contribution in [1.29, 1.82) is 0 Å². The van der Waals surface area contributed by atoms with Crippen molar-refractivity contribution in [3.05, 3.63) is 29.8 Å². The molecule has 2 aliphatic rings. The minimum absolute atomic E-state index is 0.0714. The summed E-state index contributed by atoms with van der Waals surface area (Å²) in [6.07, 6.45) is -1.45. The van der Waals surface area contributed by atoms with Crippen LogP contribution in [0.5, 0.6) is 0 Å². The molecule has 1 aliphatic carbocycles. The van der Waals surface area contributed by atoms with E-state index in [1.807, 2.05) is 17.0 Å². The van der Waals surface area contributed by atoms with E-state index in [1.165, 1.54) is 0 Å². The van der Waals surface area contributed by atoms with E-state index >= 15 is 0 Å². The number of rotatable bonds is 7. The van der Waals surface area contributed by atoms with Crippen LogP contribution in [0.1, 0.15) is 36.0 Å². The first-order chi connectivity index (χ1) is 15.9. The Morgan fingerprint density at radius 2 is 1.74 bits per heavy atom. The number of hydrogen-bond acceptors (Lipinski definition) is 5. The highest BCUT2D eigenvalue weighted by Gasteiger charge is 2.38. The minimum atomic E-state index is -5.08. The Kier molecular flexibility index (Phi) is 9.10. The second-order valence-electron chi connectivity index (χ2n) is 8.11. The van der Waals surface area contributed by atoms with E-state index < -0.39 is 29.9 Å². The number of carboxylic acids is 2. The van der Waals surface area contributed by atoms with Crippen molar-refractivity contribution < 1.29 is 42.6 Å². The maximum Gasteiger partial charge on any atom is 0.490 e. The number of carbonyl (C=O) groups is 4. The second-order valence-corrected chi connectivity index (χ2v) is 8.11. The molecule has 3 amide bonds. The van der Waals surface area contributed by atoms with Gasteiger partial charge in [-0.2, -0.15) is 13.2 Å². The molecule has 1 saturated heterocycles. The standard InChI is InChI=1S/C19H26N4O4.C2HF3O2/c20-17(24)14-6-1-2-7-16(14)23-9-8-13(11-23)22-19(27)21-10-15(18(25)26)12-4-3-5-12;3-2(4,5)1(6)7/h1-2,6-7,12-13,15H,3-5,8-11H2,(H2,20,24)(H,25,26)(H2,21,22,27);(H,6,7). The molecule has 0 spiro atoms. The van der Waals surface area contributed by atoms with Gasteiger partial charge in [-0.05, 0) is 37.3 Å². The van der Waals surface area contributed by atoms with Crippen molar-refractivity contribution in [3.8, 4) is 0 Å². The number of benzene rings is 1. The lowest BCUT2D eigenvalue weighted by Gasteiger charge is -2.31. The van der Waals surface area contributed by atoms with Gasteiger partial charge in [0.1, 0.15) is 0 Å². The van der Waals surface area contributed by atoms with Crippen molar-refractivity contribution in [2.75, 3.05) is 24.5 Å². The topological polar surface area (TPSA) is 162 Å². The molecule has 6 N–H and O–H groups in total. The summed E-state index contributed by atoms with van der Waals surface area (Å²) in [4.78, 5) is 46.0. The van der Waals surface area contributed by atoms with E-state index in [0.29, 0.717) is 18.7 Å². The average Bonchev–Trinajstić information content (AvgIpc) is 3.17. The van der Waals surface area contributed by atoms with Gasteiger partial charge in [0.25, 0.3) is 5.91 Å². The quantitative estimate of drug-likeness (QED) is 0.391. The predicted molar refractivity (Wildman–Crippen MR) is 114 cm³/mol. The molecule has 188 valence electrons. The number of urea groups is 1. The Bertz CT molecular complexity index is 907. The summed E-state index contributed by atoms with van der Waals surface area (Å²) in [5.41, 5.74) is 6.67. The van der Waals surface area contributed by atoms with Crippen molar-refractivity contribution in [1.82, 2.24) is 10.6 Å². The molecule has 1 aromatic rings. The number of anilines is 1. The van der Waals surface area contributed by atoms with Gasteiger partial charge in [-0.3, -0.25) is 9.59 Å². The van der Waals surface area contributed by atoms with Gasteiger partial charge in [-0.15, -0.1) is 0 Å². The van der Waals surface area contributed by atoms with Crippen LogP contribution >= 0.6 is 0 Å². The predicted octanol–water partition coefficient (Wildman–Crippen LogP) is 1.80. The molecule has 1 saturated carbocycles. The van der Waals surface area contributed by atoms with E-state index in [2.05, 4.69) is 10.6 Å². The molecule has 34 heavy (non-hydrogen) atoms. The second kappa shape index (κ2) is 11.6. The third-order valence-corrected chi connectivity index (χ3v) is 5.79. The van der Waals surface area contributed by atoms with Crippen LogP contribution in [0.25, 0.3) is 0 Å². The number of hydrogen-bond donors (Lipinski definition) is 5. The number of amides is 3. The van der Waals surface area contributed by atoms with Crippen LogP contribution in [0.3, 0.4) is 0 Å². The summed E-state index contributed by atoms with van der Waals surface area (Å²) < 4.78 is 31.7. The largest absolute Gasteiger partial charge is 0.490 e. The third-order valence-electron chi connectivity index (χ3n) is 5.79. The summed E-state index contributed by atoms with van der Waals surface area (Å²) in [5.74, 6) is -4.44. The van der Waals surface area contributed by atoms with Crippen LogP contribution in [0.15, 0.2) is 24.3 Å². The van der Waals surface area contributed by atoms with Crippen LogP contribution in [-0.4, -0.2) is 65.9 Å². The first-order valence-electron chi connectivity index (χ1n) is 10.6. The SMILES string of the molecule is NC(=O)c1ccccc1N1CCC(NC(=O)NCC(C(=O)O)C2CCC2)C1.O=C(O)C(F)(F)F. The fourth-order valence-corrected chi connectivity index (χ4v) is 3.79. The molecular formula is C21H27F3N4O6. The monoisotopic (exact) mass is 488 g/mol. The summed E-state index contributed by atoms with van der Waals surface area (Å²) in [7, 11) is 0. The number of aliphatic carboxylic acids is 2. The zero-order valence-electron chi connectivity index (χ0n) is 18.2. The third kappa shape index (κ3) is 7.52. The Hall–Kier alpha value is -3.51. The van der Waals surface area contributed by atoms with E-state index in [9.17, 15) is 32.7 Å². The van der Waals surface area contributed by atoms with Gasteiger partial charge in [-0.25, -0.2) is 9.59 Å². The molecule has 2 unspecified atom stereocenters. The zero-order chi connectivity index (χ0) is 25.5. The minimum Gasteiger partial charge on any atom is -0.481 e. The van der Waals surface area contributed by atoms with Crippen LogP contribution in [0.4, 0.5) is 23.7 Å². The molecule has 1 heterocycles. The van der Waals surface area contributed by atoms with Crippen molar-refractivity contribution in [3.63, 3.8) is 0 Å². The Labute approximate surface area is 193 Å². The van der Waals surface area contributed by atoms with Gasteiger partial charge >= 0.3 is 24.1 Å². The smallest absolute Gasteiger partial charge is 0.481 e. The highest BCUT2D eigenvalue weighted by Crippen LogP contribution is 2.33. The van der Waals surface area contributed by atoms with Gasteiger partial charge in [0, 0.05) is 31.4 Å². The fourth-order valence-electron chi connectivity index (χ4n) is 3.79. The van der Waals surface area contributed by atoms with Crippen molar-refractivity contribution in [2.45, 2.75) is 37.9 Å². The normalized spacial score (nSPS) is 18.7. The maximum atomic E-state index is 12.2. The summed E-state index contributed by atoms with van der Waals surface area (Å²) in [6, 6.07) is 6.73. The number of primary amides is 1. The van der Waals surface area contributed by atoms with E-state index in [0.717, 1.165) is 31.4 Å². The van der Waals surface area contributed by atoms with E-state index in [4.69, 9.17) is 15.6 Å². The number of para-hydroxylation sites is 1. The lowest BCUT2D eigenvalue weighted by atomic mass is 9.76. The highest BCUT2D eigenvalue weighted by atomic mass is 19.4. The Morgan fingerprint density at radius 1 is 1.12 bits per heavy atom. The highest BCUT2D eigenvalue weighted by molar-refractivity contribution is 5.98. The molecule has 0 aromatic heterocycles. The Balaban J connectivity index is 0.000000509. The molecule has 2 fully saturated rings. The lowest BCUT2D eigenvalue weighted by Crippen LogP contribution is -2.47. The molecular weight excluding hydrogens is 461 g/mol. The number of nitrogens with two attached hydrogens (primary N) is 1. The first-order valence-corrected chi connectivity index (χ1v) is 10.6. The molecule has 0 radical (unpaired) electrons. The van der Waals surface area contributed by atoms with Gasteiger partial charge in [0.2, 0.25) is 0 Å². The lowest BCUT2D eigenvalue weighted by molar-refractivity contribution is -0.192. The summed E-state index contributed by atoms with van der Waals surface area (Å²) in [5, 5.41) is 22.0. The molecule has 10 nitrogen and oxygen atoms in total. The number of carbonyl (C=O) groups excluding carboxylic acids is 2. The number of nitrogens with one attached hydrogen (secondary N) is 2. The van der Waals surface area contributed by atoms with Crippen LogP contribution in [0.2, 0.25) is 0 Å². The van der Waals surface area contributed by atoms with Crippen LogP contribution in [-0.2, 0) is 9.59 Å². The van der Waals surface area contributed by atoms with Crippen LogP contribution < -0.4 is 21.3 Å². The molecule has 1 aliphatic heterocycles. The van der Waals surface area contributed by atoms with E-state index in [1.54, 1.807) is 12.1 Å². The zero-order valence-corrected chi connectivity index (χ0v) is 18.2. The van der Waals surface area contributed by atoms with Gasteiger partial charge in [0.05, 0.1) is 11.5 Å². The molecule has 1 aromatic carbocycles. The molecule has 2 atom stereocenters. The van der Waals surface area contributed by atoms with Crippen molar-refractivity contribution in [2.24, 2.45) is 17.6 Å². The summed E-state index contributed by atoms with van der Waals surface area (Å²) in [6.45, 7) is 1.42. The van der Waals surface area contributed by atoms with Crippen LogP contribution in [0, 0.1) is 11.8 Å². The van der Waals surface area contributed by atoms with Gasteiger partial charge < -0.3 is 31.5 Å². The number of halogens is 3.